The van der Waals surface area contributed by atoms with Crippen molar-refractivity contribution in [2.75, 3.05) is 13.2 Å². The van der Waals surface area contributed by atoms with E-state index in [1.165, 1.54) is 12.4 Å². The third-order valence-corrected chi connectivity index (χ3v) is 2.68. The summed E-state index contributed by atoms with van der Waals surface area (Å²) in [6, 6.07) is 6.96. The Morgan fingerprint density at radius 1 is 0.840 bits per heavy atom. The van der Waals surface area contributed by atoms with Crippen LogP contribution in [0.5, 0.6) is 0 Å². The highest BCUT2D eigenvalue weighted by Crippen LogP contribution is 1.91. The van der Waals surface area contributed by atoms with Gasteiger partial charge < -0.3 is 4.74 Å². The number of amides is 2. The highest BCUT2D eigenvalue weighted by molar-refractivity contribution is 5.84. The second-order valence-electron chi connectivity index (χ2n) is 4.64. The van der Waals surface area contributed by atoms with Crippen LogP contribution in [0.1, 0.15) is 11.1 Å². The Kier molecular flexibility index (Phi) is 7.40. The van der Waals surface area contributed by atoms with E-state index in [1.807, 2.05) is 0 Å². The summed E-state index contributed by atoms with van der Waals surface area (Å²) in [5.41, 5.74) is 6.16. The summed E-state index contributed by atoms with van der Waals surface area (Å²) >= 11 is 0. The molecule has 0 saturated heterocycles. The van der Waals surface area contributed by atoms with E-state index < -0.39 is 11.8 Å². The Hall–Kier alpha value is -3.46. The largest absolute Gasteiger partial charge is 0.362 e. The Morgan fingerprint density at radius 3 is 1.64 bits per heavy atom. The topological polar surface area (TPSA) is 118 Å². The van der Waals surface area contributed by atoms with Crippen LogP contribution < -0.4 is 10.9 Å². The summed E-state index contributed by atoms with van der Waals surface area (Å²) in [5.74, 6) is -0.947. The van der Waals surface area contributed by atoms with E-state index in [2.05, 4.69) is 31.0 Å². The van der Waals surface area contributed by atoms with Gasteiger partial charge in [-0.05, 0) is 35.4 Å². The van der Waals surface area contributed by atoms with Crippen LogP contribution in [0.3, 0.4) is 0 Å². The Bertz CT molecular complexity index is 671. The molecular formula is C16H16N6O3. The molecule has 2 amide bonds. The number of hydrogen-bond acceptors (Lipinski definition) is 7. The van der Waals surface area contributed by atoms with Crippen molar-refractivity contribution < 1.29 is 14.3 Å². The maximum absolute atomic E-state index is 11.5. The van der Waals surface area contributed by atoms with Gasteiger partial charge in [-0.3, -0.25) is 19.6 Å². The molecular weight excluding hydrogens is 324 g/mol. The van der Waals surface area contributed by atoms with Gasteiger partial charge in [0.05, 0.1) is 12.4 Å². The van der Waals surface area contributed by atoms with Crippen LogP contribution in [0, 0.1) is 0 Å². The standard InChI is InChI=1S/C16H16N6O3/c23-15(21-19-9-13-1-5-17-6-2-13)11-25-12-16(24)22-20-10-14-3-7-18-8-4-14/h1-10H,11-12H2,(H,21,23)(H,22,24)/b19-9-,20-10-. The number of nitrogens with zero attached hydrogens (tertiary/aromatic N) is 4. The number of rotatable bonds is 8. The molecule has 0 fully saturated rings. The zero-order chi connectivity index (χ0) is 17.7. The lowest BCUT2D eigenvalue weighted by Gasteiger charge is -2.02. The van der Waals surface area contributed by atoms with Crippen LogP contribution in [0.15, 0.2) is 59.3 Å². The van der Waals surface area contributed by atoms with Gasteiger partial charge in [-0.15, -0.1) is 0 Å². The second kappa shape index (κ2) is 10.3. The third kappa shape index (κ3) is 7.57. The fourth-order valence-corrected chi connectivity index (χ4v) is 1.56. The quantitative estimate of drug-likeness (QED) is 0.522. The molecule has 2 N–H and O–H groups in total. The Balaban J connectivity index is 1.59. The zero-order valence-corrected chi connectivity index (χ0v) is 13.2. The average molecular weight is 340 g/mol. The summed E-state index contributed by atoms with van der Waals surface area (Å²) in [5, 5.41) is 7.52. The van der Waals surface area contributed by atoms with Crippen LogP contribution >= 0.6 is 0 Å². The molecule has 0 unspecified atom stereocenters. The molecule has 0 radical (unpaired) electrons. The average Bonchev–Trinajstić information content (AvgIpc) is 2.63. The number of carbonyl (C=O) groups excluding carboxylic acids is 2. The molecule has 0 aliphatic carbocycles. The minimum Gasteiger partial charge on any atom is -0.362 e. The van der Waals surface area contributed by atoms with Crippen molar-refractivity contribution in [2.24, 2.45) is 10.2 Å². The van der Waals surface area contributed by atoms with Crippen molar-refractivity contribution in [1.82, 2.24) is 20.8 Å². The lowest BCUT2D eigenvalue weighted by Crippen LogP contribution is -2.28. The van der Waals surface area contributed by atoms with Gasteiger partial charge >= 0.3 is 0 Å². The highest BCUT2D eigenvalue weighted by atomic mass is 16.5. The van der Waals surface area contributed by atoms with Crippen molar-refractivity contribution in [1.29, 1.82) is 0 Å². The first-order valence-corrected chi connectivity index (χ1v) is 7.25. The van der Waals surface area contributed by atoms with E-state index in [9.17, 15) is 9.59 Å². The van der Waals surface area contributed by atoms with Crippen LogP contribution in [-0.4, -0.2) is 47.4 Å². The number of pyridine rings is 2. The van der Waals surface area contributed by atoms with Crippen molar-refractivity contribution >= 4 is 24.2 Å². The summed E-state index contributed by atoms with van der Waals surface area (Å²) in [6.07, 6.45) is 9.40. The molecule has 9 nitrogen and oxygen atoms in total. The van der Waals surface area contributed by atoms with E-state index in [0.717, 1.165) is 11.1 Å². The predicted molar refractivity (Wildman–Crippen MR) is 90.8 cm³/mol. The smallest absolute Gasteiger partial charge is 0.266 e. The highest BCUT2D eigenvalue weighted by Gasteiger charge is 2.03. The molecule has 0 aliphatic heterocycles. The first-order valence-electron chi connectivity index (χ1n) is 7.25. The van der Waals surface area contributed by atoms with Gasteiger partial charge in [0.15, 0.2) is 0 Å². The van der Waals surface area contributed by atoms with Gasteiger partial charge in [-0.2, -0.15) is 10.2 Å². The first kappa shape index (κ1) is 17.9. The normalized spacial score (nSPS) is 10.9. The van der Waals surface area contributed by atoms with Crippen LogP contribution in [0.4, 0.5) is 0 Å². The molecule has 0 saturated carbocycles. The fraction of sp³-hybridized carbons (Fsp3) is 0.125. The molecule has 2 rings (SSSR count). The van der Waals surface area contributed by atoms with Crippen LogP contribution in [0.2, 0.25) is 0 Å². The van der Waals surface area contributed by atoms with Crippen LogP contribution in [-0.2, 0) is 14.3 Å². The van der Waals surface area contributed by atoms with E-state index in [4.69, 9.17) is 4.74 Å². The molecule has 9 heteroatoms. The van der Waals surface area contributed by atoms with E-state index in [1.54, 1.807) is 49.1 Å². The number of nitrogens with one attached hydrogen (secondary N) is 2. The van der Waals surface area contributed by atoms with Gasteiger partial charge in [0.2, 0.25) is 0 Å². The van der Waals surface area contributed by atoms with Gasteiger partial charge in [0.25, 0.3) is 11.8 Å². The van der Waals surface area contributed by atoms with Gasteiger partial charge in [0, 0.05) is 24.8 Å². The SMILES string of the molecule is O=C(COCC(=O)N/N=C\c1ccncc1)N/N=C\c1ccncc1. The second-order valence-corrected chi connectivity index (χ2v) is 4.64. The zero-order valence-electron chi connectivity index (χ0n) is 13.2. The molecule has 2 aromatic heterocycles. The number of hydrogen-bond donors (Lipinski definition) is 2. The van der Waals surface area contributed by atoms with Crippen molar-refractivity contribution in [3.05, 3.63) is 60.2 Å². The maximum Gasteiger partial charge on any atom is 0.266 e. The van der Waals surface area contributed by atoms with Gasteiger partial charge in [-0.25, -0.2) is 10.9 Å². The van der Waals surface area contributed by atoms with Crippen molar-refractivity contribution in [2.45, 2.75) is 0 Å². The van der Waals surface area contributed by atoms with E-state index in [0.29, 0.717) is 0 Å². The lowest BCUT2D eigenvalue weighted by molar-refractivity contribution is -0.130. The Labute approximate surface area is 143 Å². The predicted octanol–water partition coefficient (Wildman–Crippen LogP) is 0.0936. The minimum atomic E-state index is -0.474. The first-order chi connectivity index (χ1) is 12.2. The molecule has 128 valence electrons. The monoisotopic (exact) mass is 340 g/mol. The van der Waals surface area contributed by atoms with Gasteiger partial charge in [0.1, 0.15) is 13.2 Å². The van der Waals surface area contributed by atoms with Crippen molar-refractivity contribution in [3.63, 3.8) is 0 Å². The molecule has 2 aromatic rings. The third-order valence-electron chi connectivity index (χ3n) is 2.68. The molecule has 0 spiro atoms. The number of hydrazone groups is 2. The summed E-state index contributed by atoms with van der Waals surface area (Å²) in [7, 11) is 0. The summed E-state index contributed by atoms with van der Waals surface area (Å²) in [4.78, 5) is 30.7. The van der Waals surface area contributed by atoms with Gasteiger partial charge in [-0.1, -0.05) is 0 Å². The maximum atomic E-state index is 11.5. The molecule has 2 heterocycles. The lowest BCUT2D eigenvalue weighted by atomic mass is 10.3. The number of aromatic nitrogens is 2. The fourth-order valence-electron chi connectivity index (χ4n) is 1.56. The van der Waals surface area contributed by atoms with Crippen LogP contribution in [0.25, 0.3) is 0 Å². The number of carbonyl (C=O) groups is 2. The Morgan fingerprint density at radius 2 is 1.24 bits per heavy atom. The molecule has 0 bridgehead atoms. The molecule has 25 heavy (non-hydrogen) atoms. The summed E-state index contributed by atoms with van der Waals surface area (Å²) < 4.78 is 4.97. The van der Waals surface area contributed by atoms with Crippen molar-refractivity contribution in [3.8, 4) is 0 Å². The van der Waals surface area contributed by atoms with E-state index >= 15 is 0 Å². The molecule has 0 aromatic carbocycles. The molecule has 0 atom stereocenters. The molecule has 0 aliphatic rings. The van der Waals surface area contributed by atoms with E-state index in [-0.39, 0.29) is 13.2 Å². The number of ether oxygens (including phenoxy) is 1. The minimum absolute atomic E-state index is 0.296. The summed E-state index contributed by atoms with van der Waals surface area (Å²) in [6.45, 7) is -0.593.